The largest absolute Gasteiger partial charge is 0.496 e. The molecule has 2 amide bonds. The third-order valence-corrected chi connectivity index (χ3v) is 12.2. The van der Waals surface area contributed by atoms with Gasteiger partial charge in [-0.05, 0) is 90.3 Å². The van der Waals surface area contributed by atoms with E-state index in [4.69, 9.17) is 18.7 Å². The minimum absolute atomic E-state index is 0.00266. The number of ether oxygens (including phenoxy) is 3. The summed E-state index contributed by atoms with van der Waals surface area (Å²) in [7, 11) is -2.17. The van der Waals surface area contributed by atoms with Gasteiger partial charge in [0.25, 0.3) is 0 Å². The van der Waals surface area contributed by atoms with E-state index in [-0.39, 0.29) is 38.6 Å². The van der Waals surface area contributed by atoms with Crippen LogP contribution in [-0.4, -0.2) is 88.4 Å². The molecule has 1 N–H and O–H groups in total. The lowest BCUT2D eigenvalue weighted by Gasteiger charge is -2.55. The van der Waals surface area contributed by atoms with Crippen molar-refractivity contribution < 1.29 is 42.8 Å². The van der Waals surface area contributed by atoms with E-state index in [1.165, 1.54) is 0 Å². The van der Waals surface area contributed by atoms with Gasteiger partial charge in [-0.2, -0.15) is 0 Å². The van der Waals surface area contributed by atoms with Crippen molar-refractivity contribution in [3.8, 4) is 16.9 Å². The molecular weight excluding hydrogens is 671 g/mol. The van der Waals surface area contributed by atoms with Crippen molar-refractivity contribution in [3.63, 3.8) is 0 Å². The molecular formula is C39H59N2O9P. The first-order valence-corrected chi connectivity index (χ1v) is 19.6. The Kier molecular flexibility index (Phi) is 13.6. The highest BCUT2D eigenvalue weighted by Crippen LogP contribution is 2.67. The van der Waals surface area contributed by atoms with Crippen molar-refractivity contribution in [3.05, 3.63) is 54.1 Å². The summed E-state index contributed by atoms with van der Waals surface area (Å²) >= 11 is 0. The molecule has 0 saturated carbocycles. The third kappa shape index (κ3) is 10.1. The predicted molar refractivity (Wildman–Crippen MR) is 200 cm³/mol. The first-order valence-electron chi connectivity index (χ1n) is 17.8. The van der Waals surface area contributed by atoms with E-state index in [9.17, 15) is 19.5 Å². The molecule has 0 aliphatic carbocycles. The van der Waals surface area contributed by atoms with Gasteiger partial charge in [0.1, 0.15) is 17.0 Å². The summed E-state index contributed by atoms with van der Waals surface area (Å²) in [5, 5.41) is 9.48. The predicted octanol–water partition coefficient (Wildman–Crippen LogP) is 9.07. The third-order valence-electron chi connectivity index (χ3n) is 8.84. The fourth-order valence-electron chi connectivity index (χ4n) is 7.14. The van der Waals surface area contributed by atoms with Crippen LogP contribution in [0.25, 0.3) is 11.1 Å². The SMILES string of the molecule is CCOP1(=O)CCN(Cc2ccccc2-c2ccccc2OC)C(C(C)(C)C)C1(CCCCN(C(=O)OC(C)(C)C)C(=O)OC(C)(C)C)C(=O)O. The Bertz CT molecular complexity index is 1550. The number of carbonyl (C=O) groups is 3. The van der Waals surface area contributed by atoms with Gasteiger partial charge in [0, 0.05) is 37.4 Å². The zero-order valence-corrected chi connectivity index (χ0v) is 33.3. The molecule has 1 aliphatic rings. The molecule has 0 bridgehead atoms. The molecule has 1 aliphatic heterocycles. The second-order valence-corrected chi connectivity index (χ2v) is 19.1. The van der Waals surface area contributed by atoms with Crippen molar-refractivity contribution in [2.75, 3.05) is 33.0 Å². The Morgan fingerprint density at radius 2 is 1.43 bits per heavy atom. The molecule has 3 rings (SSSR count). The number of amides is 2. The lowest BCUT2D eigenvalue weighted by molar-refractivity contribution is -0.146. The normalized spacial score (nSPS) is 21.5. The van der Waals surface area contributed by atoms with Gasteiger partial charge in [-0.15, -0.1) is 0 Å². The first kappa shape index (κ1) is 42.0. The number of rotatable bonds is 12. The maximum absolute atomic E-state index is 15.0. The van der Waals surface area contributed by atoms with Gasteiger partial charge in [-0.25, -0.2) is 14.5 Å². The van der Waals surface area contributed by atoms with Gasteiger partial charge in [0.15, 0.2) is 5.16 Å². The minimum atomic E-state index is -3.80. The quantitative estimate of drug-likeness (QED) is 0.167. The summed E-state index contributed by atoms with van der Waals surface area (Å²) in [5.74, 6) is -0.457. The van der Waals surface area contributed by atoms with Crippen LogP contribution in [0.2, 0.25) is 0 Å². The number of methoxy groups -OCH3 is 1. The Balaban J connectivity index is 2.04. The molecule has 1 saturated heterocycles. The summed E-state index contributed by atoms with van der Waals surface area (Å²) in [4.78, 5) is 43.1. The number of imide groups is 1. The molecule has 2 aromatic rings. The van der Waals surface area contributed by atoms with Crippen LogP contribution in [0.4, 0.5) is 9.59 Å². The Morgan fingerprint density at radius 1 is 0.882 bits per heavy atom. The topological polar surface area (TPSA) is 132 Å². The van der Waals surface area contributed by atoms with E-state index in [2.05, 4.69) is 4.90 Å². The molecule has 2 aromatic carbocycles. The standard InChI is InChI=1S/C39H59N2O9P/c1-12-48-51(46)26-25-40(27-28-19-13-14-20-29(28)30-21-15-16-22-31(30)47-11)32(36(2,3)4)39(51,33(42)43)23-17-18-24-41(34(44)49-37(5,6)7)35(45)50-38(8,9)10/h13-16,19-22,32H,12,17-18,23-27H2,1-11H3,(H,42,43). The number of para-hydroxylation sites is 1. The number of carboxylic acids is 1. The molecule has 51 heavy (non-hydrogen) atoms. The number of unbranched alkanes of at least 4 members (excludes halogenated alkanes) is 1. The first-order chi connectivity index (χ1) is 23.6. The number of hydrogen-bond acceptors (Lipinski definition) is 9. The monoisotopic (exact) mass is 730 g/mol. The van der Waals surface area contributed by atoms with Gasteiger partial charge in [0.05, 0.1) is 13.7 Å². The Morgan fingerprint density at radius 3 is 1.94 bits per heavy atom. The molecule has 3 atom stereocenters. The smallest absolute Gasteiger partial charge is 0.419 e. The van der Waals surface area contributed by atoms with Crippen LogP contribution in [0.5, 0.6) is 5.75 Å². The summed E-state index contributed by atoms with van der Waals surface area (Å²) in [6.45, 7) is 18.7. The number of benzene rings is 2. The van der Waals surface area contributed by atoms with Crippen LogP contribution in [0.3, 0.4) is 0 Å². The molecule has 0 radical (unpaired) electrons. The number of hydrogen-bond donors (Lipinski definition) is 1. The molecule has 0 aromatic heterocycles. The second-order valence-electron chi connectivity index (χ2n) is 16.2. The van der Waals surface area contributed by atoms with E-state index < -0.39 is 53.3 Å². The second kappa shape index (κ2) is 16.5. The minimum Gasteiger partial charge on any atom is -0.496 e. The molecule has 11 nitrogen and oxygen atoms in total. The highest BCUT2D eigenvalue weighted by molar-refractivity contribution is 7.62. The van der Waals surface area contributed by atoms with Crippen LogP contribution in [0.15, 0.2) is 48.5 Å². The fourth-order valence-corrected chi connectivity index (χ4v) is 10.5. The van der Waals surface area contributed by atoms with Crippen molar-refractivity contribution in [1.29, 1.82) is 0 Å². The van der Waals surface area contributed by atoms with E-state index >= 15 is 4.57 Å². The maximum atomic E-state index is 15.0. The average Bonchev–Trinajstić information content (AvgIpc) is 3.00. The average molecular weight is 731 g/mol. The molecule has 1 heterocycles. The number of aliphatic carboxylic acids is 1. The zero-order chi connectivity index (χ0) is 38.4. The summed E-state index contributed by atoms with van der Waals surface area (Å²) < 4.78 is 37.7. The van der Waals surface area contributed by atoms with Crippen LogP contribution in [0, 0.1) is 5.41 Å². The van der Waals surface area contributed by atoms with Crippen molar-refractivity contribution >= 4 is 25.5 Å². The summed E-state index contributed by atoms with van der Waals surface area (Å²) in [5.41, 5.74) is 0.503. The maximum Gasteiger partial charge on any atom is 0.419 e. The van der Waals surface area contributed by atoms with Crippen molar-refractivity contribution in [1.82, 2.24) is 9.80 Å². The molecule has 12 heteroatoms. The lowest BCUT2D eigenvalue weighted by Crippen LogP contribution is -2.66. The Hall–Kier alpha value is -3.40. The summed E-state index contributed by atoms with van der Waals surface area (Å²) in [6.07, 6.45) is -1.16. The number of nitrogens with zero attached hydrogens (tertiary/aromatic N) is 2. The van der Waals surface area contributed by atoms with Gasteiger partial charge in [-0.3, -0.25) is 14.3 Å². The fraction of sp³-hybridized carbons (Fsp3) is 0.615. The van der Waals surface area contributed by atoms with Gasteiger partial charge >= 0.3 is 18.2 Å². The number of carboxylic acid groups (broad SMARTS) is 1. The van der Waals surface area contributed by atoms with Crippen LogP contribution < -0.4 is 4.74 Å². The molecule has 1 fully saturated rings. The van der Waals surface area contributed by atoms with E-state index in [1.807, 2.05) is 69.3 Å². The lowest BCUT2D eigenvalue weighted by atomic mass is 9.74. The van der Waals surface area contributed by atoms with Crippen LogP contribution in [0.1, 0.15) is 94.1 Å². The van der Waals surface area contributed by atoms with E-state index in [1.54, 1.807) is 55.6 Å². The van der Waals surface area contributed by atoms with Gasteiger partial charge in [0.2, 0.25) is 7.37 Å². The highest BCUT2D eigenvalue weighted by Gasteiger charge is 2.66. The zero-order valence-electron chi connectivity index (χ0n) is 32.4. The van der Waals surface area contributed by atoms with Gasteiger partial charge < -0.3 is 23.8 Å². The van der Waals surface area contributed by atoms with Crippen molar-refractivity contribution in [2.45, 2.75) is 117 Å². The van der Waals surface area contributed by atoms with Crippen LogP contribution in [-0.2, 0) is 29.9 Å². The van der Waals surface area contributed by atoms with Crippen LogP contribution >= 0.6 is 7.37 Å². The van der Waals surface area contributed by atoms with Crippen molar-refractivity contribution in [2.24, 2.45) is 5.41 Å². The Labute approximate surface area is 304 Å². The highest BCUT2D eigenvalue weighted by atomic mass is 31.2. The summed E-state index contributed by atoms with van der Waals surface area (Å²) in [6, 6.07) is 15.1. The molecule has 284 valence electrons. The molecule has 3 unspecified atom stereocenters. The van der Waals surface area contributed by atoms with E-state index in [0.717, 1.165) is 27.3 Å². The van der Waals surface area contributed by atoms with Gasteiger partial charge in [-0.1, -0.05) is 63.2 Å². The number of carbonyl (C=O) groups excluding carboxylic acids is 2. The van der Waals surface area contributed by atoms with E-state index in [0.29, 0.717) is 13.1 Å². The molecule has 0 spiro atoms.